The molecule has 0 radical (unpaired) electrons. The van der Waals surface area contributed by atoms with Gasteiger partial charge in [0.15, 0.2) is 0 Å². The van der Waals surface area contributed by atoms with Crippen LogP contribution in [0.25, 0.3) is 5.57 Å². The van der Waals surface area contributed by atoms with E-state index in [-0.39, 0.29) is 5.82 Å². The number of methoxy groups -OCH3 is 1. The Balaban J connectivity index is 3.28. The molecule has 0 aromatic heterocycles. The van der Waals surface area contributed by atoms with Gasteiger partial charge < -0.3 is 4.74 Å². The Hall–Kier alpha value is -1.82. The number of hydrogen-bond donors (Lipinski definition) is 0. The first-order valence-electron chi connectivity index (χ1n) is 4.67. The Morgan fingerprint density at radius 1 is 1.60 bits per heavy atom. The number of halogens is 1. The van der Waals surface area contributed by atoms with Crippen LogP contribution in [0.2, 0.25) is 0 Å². The van der Waals surface area contributed by atoms with E-state index in [2.05, 4.69) is 0 Å². The quantitative estimate of drug-likeness (QED) is 0.710. The highest BCUT2D eigenvalue weighted by Gasteiger charge is 2.08. The predicted octanol–water partition coefficient (Wildman–Crippen LogP) is 3.15. The summed E-state index contributed by atoms with van der Waals surface area (Å²) in [6.45, 7) is 1.92. The van der Waals surface area contributed by atoms with Crippen LogP contribution in [0.1, 0.15) is 18.9 Å². The molecule has 0 atom stereocenters. The van der Waals surface area contributed by atoms with Crippen LogP contribution in [0, 0.1) is 17.1 Å². The van der Waals surface area contributed by atoms with Gasteiger partial charge in [-0.3, -0.25) is 0 Å². The van der Waals surface area contributed by atoms with Gasteiger partial charge in [-0.1, -0.05) is 13.0 Å². The number of ether oxygens (including phenoxy) is 1. The summed E-state index contributed by atoms with van der Waals surface area (Å²) in [5, 5.41) is 8.93. The Labute approximate surface area is 88.6 Å². The SMILES string of the molecule is CC/C=C(\C#N)c1cc(F)ccc1OC. The largest absolute Gasteiger partial charge is 0.496 e. The van der Waals surface area contributed by atoms with Gasteiger partial charge in [0.25, 0.3) is 0 Å². The summed E-state index contributed by atoms with van der Waals surface area (Å²) in [5.74, 6) is 0.140. The maximum atomic E-state index is 13.0. The highest BCUT2D eigenvalue weighted by molar-refractivity contribution is 5.80. The summed E-state index contributed by atoms with van der Waals surface area (Å²) in [7, 11) is 1.50. The Bertz CT molecular complexity index is 418. The van der Waals surface area contributed by atoms with E-state index in [9.17, 15) is 4.39 Å². The lowest BCUT2D eigenvalue weighted by Gasteiger charge is -2.06. The second-order valence-corrected chi connectivity index (χ2v) is 2.98. The number of benzene rings is 1. The molecule has 2 nitrogen and oxygen atoms in total. The molecular weight excluding hydrogens is 193 g/mol. The molecule has 0 unspecified atom stereocenters. The molecule has 1 rings (SSSR count). The van der Waals surface area contributed by atoms with E-state index < -0.39 is 0 Å². The molecule has 0 aliphatic rings. The third-order valence-electron chi connectivity index (χ3n) is 1.98. The topological polar surface area (TPSA) is 33.0 Å². The highest BCUT2D eigenvalue weighted by Crippen LogP contribution is 2.26. The second-order valence-electron chi connectivity index (χ2n) is 2.98. The van der Waals surface area contributed by atoms with E-state index in [1.807, 2.05) is 13.0 Å². The number of rotatable bonds is 3. The molecule has 1 aromatic carbocycles. The molecule has 78 valence electrons. The molecule has 0 spiro atoms. The monoisotopic (exact) mass is 205 g/mol. The van der Waals surface area contributed by atoms with E-state index in [0.717, 1.165) is 6.42 Å². The molecule has 15 heavy (non-hydrogen) atoms. The first-order chi connectivity index (χ1) is 7.22. The maximum absolute atomic E-state index is 13.0. The third kappa shape index (κ3) is 2.57. The molecule has 3 heteroatoms. The molecule has 1 aromatic rings. The van der Waals surface area contributed by atoms with E-state index in [1.54, 1.807) is 6.08 Å². The molecule has 0 amide bonds. The summed E-state index contributed by atoms with van der Waals surface area (Å²) in [5.41, 5.74) is 0.940. The average Bonchev–Trinajstić information content (AvgIpc) is 2.26. The molecule has 0 bridgehead atoms. The summed E-state index contributed by atoms with van der Waals surface area (Å²) < 4.78 is 18.1. The standard InChI is InChI=1S/C12H12FNO/c1-3-4-9(8-14)11-7-10(13)5-6-12(11)15-2/h4-7H,3H2,1-2H3/b9-4+. The Kier molecular flexibility index (Phi) is 3.87. The van der Waals surface area contributed by atoms with Crippen LogP contribution in [0.5, 0.6) is 5.75 Å². The second kappa shape index (κ2) is 5.16. The van der Waals surface area contributed by atoms with E-state index >= 15 is 0 Å². The first-order valence-corrected chi connectivity index (χ1v) is 4.67. The van der Waals surface area contributed by atoms with Crippen molar-refractivity contribution in [1.29, 1.82) is 5.26 Å². The van der Waals surface area contributed by atoms with Crippen LogP contribution in [0.15, 0.2) is 24.3 Å². The lowest BCUT2D eigenvalue weighted by molar-refractivity contribution is 0.412. The Morgan fingerprint density at radius 3 is 2.87 bits per heavy atom. The zero-order valence-corrected chi connectivity index (χ0v) is 8.75. The summed E-state index contributed by atoms with van der Waals surface area (Å²) in [6.07, 6.45) is 2.47. The van der Waals surface area contributed by atoms with Gasteiger partial charge >= 0.3 is 0 Å². The van der Waals surface area contributed by atoms with Gasteiger partial charge in [0.2, 0.25) is 0 Å². The molecule has 0 saturated carbocycles. The van der Waals surface area contributed by atoms with Crippen LogP contribution >= 0.6 is 0 Å². The zero-order valence-electron chi connectivity index (χ0n) is 8.75. The van der Waals surface area contributed by atoms with Gasteiger partial charge in [-0.05, 0) is 24.6 Å². The Morgan fingerprint density at radius 2 is 2.33 bits per heavy atom. The minimum Gasteiger partial charge on any atom is -0.496 e. The van der Waals surface area contributed by atoms with Gasteiger partial charge in [-0.2, -0.15) is 5.26 Å². The lowest BCUT2D eigenvalue weighted by Crippen LogP contribution is -1.92. The zero-order chi connectivity index (χ0) is 11.3. The van der Waals surface area contributed by atoms with Crippen molar-refractivity contribution in [2.45, 2.75) is 13.3 Å². The van der Waals surface area contributed by atoms with Gasteiger partial charge in [0, 0.05) is 5.56 Å². The normalized spacial score (nSPS) is 10.9. The molecule has 0 saturated heterocycles. The fourth-order valence-electron chi connectivity index (χ4n) is 1.31. The van der Waals surface area contributed by atoms with Crippen LogP contribution in [-0.2, 0) is 0 Å². The van der Waals surface area contributed by atoms with Crippen molar-refractivity contribution in [3.05, 3.63) is 35.7 Å². The van der Waals surface area contributed by atoms with Gasteiger partial charge in [-0.15, -0.1) is 0 Å². The number of nitriles is 1. The molecule has 0 heterocycles. The minimum atomic E-state index is -0.372. The maximum Gasteiger partial charge on any atom is 0.127 e. The molecule has 0 fully saturated rings. The molecule has 0 aliphatic heterocycles. The van der Waals surface area contributed by atoms with Crippen molar-refractivity contribution < 1.29 is 9.13 Å². The third-order valence-corrected chi connectivity index (χ3v) is 1.98. The number of hydrogen-bond acceptors (Lipinski definition) is 2. The van der Waals surface area contributed by atoms with Crippen molar-refractivity contribution >= 4 is 5.57 Å². The molecule has 0 aliphatic carbocycles. The lowest BCUT2D eigenvalue weighted by atomic mass is 10.0. The average molecular weight is 205 g/mol. The van der Waals surface area contributed by atoms with Crippen molar-refractivity contribution in [3.8, 4) is 11.8 Å². The van der Waals surface area contributed by atoms with Crippen LogP contribution in [0.4, 0.5) is 4.39 Å². The van der Waals surface area contributed by atoms with Gasteiger partial charge in [0.05, 0.1) is 18.8 Å². The van der Waals surface area contributed by atoms with E-state index in [4.69, 9.17) is 10.00 Å². The van der Waals surface area contributed by atoms with Crippen molar-refractivity contribution in [2.24, 2.45) is 0 Å². The van der Waals surface area contributed by atoms with Crippen LogP contribution in [-0.4, -0.2) is 7.11 Å². The summed E-state index contributed by atoms with van der Waals surface area (Å²) >= 11 is 0. The van der Waals surface area contributed by atoms with Crippen molar-refractivity contribution in [2.75, 3.05) is 7.11 Å². The summed E-state index contributed by atoms with van der Waals surface area (Å²) in [6, 6.07) is 6.17. The summed E-state index contributed by atoms with van der Waals surface area (Å²) in [4.78, 5) is 0. The van der Waals surface area contributed by atoms with E-state index in [1.165, 1.54) is 25.3 Å². The van der Waals surface area contributed by atoms with E-state index in [0.29, 0.717) is 16.9 Å². The highest BCUT2D eigenvalue weighted by atomic mass is 19.1. The fraction of sp³-hybridized carbons (Fsp3) is 0.250. The predicted molar refractivity (Wildman–Crippen MR) is 56.8 cm³/mol. The number of allylic oxidation sites excluding steroid dienone is 2. The van der Waals surface area contributed by atoms with Crippen molar-refractivity contribution in [1.82, 2.24) is 0 Å². The first kappa shape index (κ1) is 11.3. The van der Waals surface area contributed by atoms with Gasteiger partial charge in [-0.25, -0.2) is 4.39 Å². The fourth-order valence-corrected chi connectivity index (χ4v) is 1.31. The smallest absolute Gasteiger partial charge is 0.127 e. The van der Waals surface area contributed by atoms with Crippen LogP contribution < -0.4 is 4.74 Å². The molecular formula is C12H12FNO. The number of nitrogens with zero attached hydrogens (tertiary/aromatic N) is 1. The van der Waals surface area contributed by atoms with Crippen molar-refractivity contribution in [3.63, 3.8) is 0 Å². The molecule has 0 N–H and O–H groups in total. The minimum absolute atomic E-state index is 0.372. The van der Waals surface area contributed by atoms with Gasteiger partial charge in [0.1, 0.15) is 11.6 Å². The van der Waals surface area contributed by atoms with Crippen LogP contribution in [0.3, 0.4) is 0 Å².